The maximum atomic E-state index is 12.6. The fraction of sp³-hybridized carbons (Fsp3) is 0.235. The van der Waals surface area contributed by atoms with Crippen LogP contribution in [-0.4, -0.2) is 29.1 Å². The van der Waals surface area contributed by atoms with Gasteiger partial charge < -0.3 is 15.7 Å². The van der Waals surface area contributed by atoms with Crippen molar-refractivity contribution in [2.75, 3.05) is 18.5 Å². The lowest BCUT2D eigenvalue weighted by atomic mass is 10.1. The summed E-state index contributed by atoms with van der Waals surface area (Å²) in [4.78, 5) is 23.0. The second kappa shape index (κ2) is 9.12. The van der Waals surface area contributed by atoms with Crippen LogP contribution >= 0.6 is 11.6 Å². The van der Waals surface area contributed by atoms with Crippen LogP contribution in [-0.2, 0) is 4.79 Å². The van der Waals surface area contributed by atoms with Gasteiger partial charge in [-0.25, -0.2) is 0 Å². The van der Waals surface area contributed by atoms with Crippen molar-refractivity contribution in [1.82, 2.24) is 5.32 Å². The molecule has 0 aliphatic heterocycles. The molecule has 2 aromatic carbocycles. The Hall–Kier alpha value is -2.48. The minimum atomic E-state index is -0.650. The van der Waals surface area contributed by atoms with Gasteiger partial charge in [0.25, 0.3) is 5.69 Å². The molecule has 132 valence electrons. The number of nitrogens with one attached hydrogen (secondary N) is 2. The number of nitrogens with zero attached hydrogens (tertiary/aromatic N) is 1. The third-order valence-electron chi connectivity index (χ3n) is 3.49. The number of benzene rings is 2. The predicted molar refractivity (Wildman–Crippen MR) is 95.6 cm³/mol. The lowest BCUT2D eigenvalue weighted by molar-refractivity contribution is -0.384. The van der Waals surface area contributed by atoms with Crippen molar-refractivity contribution in [3.8, 4) is 0 Å². The quantitative estimate of drug-likeness (QED) is 0.380. The molecule has 8 heteroatoms. The average Bonchev–Trinajstić information content (AvgIpc) is 2.61. The van der Waals surface area contributed by atoms with E-state index in [9.17, 15) is 14.9 Å². The highest BCUT2D eigenvalue weighted by molar-refractivity contribution is 6.32. The van der Waals surface area contributed by atoms with Gasteiger partial charge in [0.05, 0.1) is 4.92 Å². The summed E-state index contributed by atoms with van der Waals surface area (Å²) in [6.07, 6.45) is 0.503. The first-order valence-corrected chi connectivity index (χ1v) is 8.04. The number of amides is 1. The summed E-state index contributed by atoms with van der Waals surface area (Å²) in [7, 11) is 0. The Morgan fingerprint density at radius 2 is 1.96 bits per heavy atom. The number of rotatable bonds is 8. The Balaban J connectivity index is 2.19. The Bertz CT molecular complexity index is 740. The summed E-state index contributed by atoms with van der Waals surface area (Å²) in [5.74, 6) is -0.360. The molecule has 3 N–H and O–H groups in total. The number of nitro benzene ring substituents is 1. The number of aliphatic hydroxyl groups is 1. The van der Waals surface area contributed by atoms with Crippen molar-refractivity contribution >= 4 is 28.9 Å². The minimum Gasteiger partial charge on any atom is -0.396 e. The van der Waals surface area contributed by atoms with E-state index in [4.69, 9.17) is 16.7 Å². The van der Waals surface area contributed by atoms with Crippen LogP contribution in [0, 0.1) is 10.1 Å². The molecule has 1 atom stereocenters. The van der Waals surface area contributed by atoms with Gasteiger partial charge in [0, 0.05) is 18.4 Å². The van der Waals surface area contributed by atoms with E-state index in [1.165, 1.54) is 18.2 Å². The van der Waals surface area contributed by atoms with Gasteiger partial charge in [0.1, 0.15) is 11.1 Å². The van der Waals surface area contributed by atoms with E-state index in [1.54, 1.807) is 12.1 Å². The largest absolute Gasteiger partial charge is 0.396 e. The van der Waals surface area contributed by atoms with Gasteiger partial charge in [-0.2, -0.15) is 0 Å². The Labute approximate surface area is 149 Å². The van der Waals surface area contributed by atoms with Gasteiger partial charge in [-0.3, -0.25) is 14.9 Å². The first-order valence-electron chi connectivity index (χ1n) is 7.67. The molecule has 0 spiro atoms. The van der Waals surface area contributed by atoms with Crippen molar-refractivity contribution in [1.29, 1.82) is 0 Å². The Morgan fingerprint density at radius 3 is 2.60 bits per heavy atom. The molecule has 1 amide bonds. The molecule has 2 aromatic rings. The highest BCUT2D eigenvalue weighted by Crippen LogP contribution is 2.28. The molecule has 0 fully saturated rings. The highest BCUT2D eigenvalue weighted by Gasteiger charge is 2.21. The maximum Gasteiger partial charge on any atom is 0.289 e. The van der Waals surface area contributed by atoms with Crippen LogP contribution in [0.1, 0.15) is 18.0 Å². The molecule has 0 aromatic heterocycles. The standard InChI is InChI=1S/C17H18ClN3O4/c18-14-8-7-13(11-15(14)21(24)25)20-17(23)16(19-9-4-10-22)12-5-2-1-3-6-12/h1-3,5-8,11,16,19,22H,4,9-10H2,(H,20,23)/t16-/m1/s1. The molecule has 25 heavy (non-hydrogen) atoms. The van der Waals surface area contributed by atoms with Crippen LogP contribution in [0.25, 0.3) is 0 Å². The minimum absolute atomic E-state index is 0.00341. The zero-order valence-corrected chi connectivity index (χ0v) is 14.1. The number of hydrogen-bond acceptors (Lipinski definition) is 5. The van der Waals surface area contributed by atoms with Crippen LogP contribution in [0.3, 0.4) is 0 Å². The summed E-state index contributed by atoms with van der Waals surface area (Å²) in [6.45, 7) is 0.462. The number of carbonyl (C=O) groups is 1. The van der Waals surface area contributed by atoms with Crippen LogP contribution in [0.4, 0.5) is 11.4 Å². The summed E-state index contributed by atoms with van der Waals surface area (Å²) in [6, 6.07) is 12.5. The van der Waals surface area contributed by atoms with Crippen LogP contribution in [0.2, 0.25) is 5.02 Å². The molecular formula is C17H18ClN3O4. The summed E-state index contributed by atoms with van der Waals surface area (Å²) >= 11 is 5.78. The van der Waals surface area contributed by atoms with Crippen LogP contribution in [0.15, 0.2) is 48.5 Å². The Kier molecular flexibility index (Phi) is 6.88. The van der Waals surface area contributed by atoms with Gasteiger partial charge in [-0.1, -0.05) is 41.9 Å². The van der Waals surface area contributed by atoms with Gasteiger partial charge in [0.15, 0.2) is 0 Å². The smallest absolute Gasteiger partial charge is 0.289 e. The molecule has 0 aliphatic rings. The van der Waals surface area contributed by atoms with E-state index in [0.717, 1.165) is 5.56 Å². The van der Waals surface area contributed by atoms with Crippen molar-refractivity contribution < 1.29 is 14.8 Å². The number of carbonyl (C=O) groups excluding carboxylic acids is 1. The zero-order chi connectivity index (χ0) is 18.2. The molecular weight excluding hydrogens is 346 g/mol. The molecule has 7 nitrogen and oxygen atoms in total. The molecule has 2 rings (SSSR count). The monoisotopic (exact) mass is 363 g/mol. The van der Waals surface area contributed by atoms with Crippen molar-refractivity contribution in [3.63, 3.8) is 0 Å². The first-order chi connectivity index (χ1) is 12.0. The molecule has 0 radical (unpaired) electrons. The third-order valence-corrected chi connectivity index (χ3v) is 3.81. The highest BCUT2D eigenvalue weighted by atomic mass is 35.5. The van der Waals surface area contributed by atoms with Crippen LogP contribution < -0.4 is 10.6 Å². The lowest BCUT2D eigenvalue weighted by Crippen LogP contribution is -2.34. The van der Waals surface area contributed by atoms with E-state index in [2.05, 4.69) is 10.6 Å². The van der Waals surface area contributed by atoms with Gasteiger partial charge >= 0.3 is 0 Å². The first kappa shape index (κ1) is 18.9. The third kappa shape index (κ3) is 5.25. The SMILES string of the molecule is O=C(Nc1ccc(Cl)c([N+](=O)[O-])c1)[C@H](NCCCO)c1ccccc1. The second-order valence-electron chi connectivity index (χ2n) is 5.29. The number of hydrogen-bond donors (Lipinski definition) is 3. The maximum absolute atomic E-state index is 12.6. The predicted octanol–water partition coefficient (Wildman–Crippen LogP) is 2.90. The zero-order valence-electron chi connectivity index (χ0n) is 13.3. The Morgan fingerprint density at radius 1 is 1.24 bits per heavy atom. The van der Waals surface area contributed by atoms with E-state index >= 15 is 0 Å². The molecule has 0 heterocycles. The van der Waals surface area contributed by atoms with Gasteiger partial charge in [0.2, 0.25) is 5.91 Å². The average molecular weight is 364 g/mol. The summed E-state index contributed by atoms with van der Waals surface area (Å²) in [5.41, 5.74) is 0.761. The molecule has 0 saturated heterocycles. The molecule has 0 unspecified atom stereocenters. The fourth-order valence-electron chi connectivity index (χ4n) is 2.28. The molecule has 0 bridgehead atoms. The fourth-order valence-corrected chi connectivity index (χ4v) is 2.46. The van der Waals surface area contributed by atoms with E-state index < -0.39 is 11.0 Å². The lowest BCUT2D eigenvalue weighted by Gasteiger charge is -2.19. The number of anilines is 1. The number of halogens is 1. The van der Waals surface area contributed by atoms with E-state index in [0.29, 0.717) is 13.0 Å². The van der Waals surface area contributed by atoms with Gasteiger partial charge in [-0.15, -0.1) is 0 Å². The van der Waals surface area contributed by atoms with E-state index in [1.807, 2.05) is 18.2 Å². The van der Waals surface area contributed by atoms with Gasteiger partial charge in [-0.05, 0) is 30.7 Å². The summed E-state index contributed by atoms with van der Waals surface area (Å²) in [5, 5.41) is 25.6. The van der Waals surface area contributed by atoms with Crippen LogP contribution in [0.5, 0.6) is 0 Å². The molecule has 0 aliphatic carbocycles. The van der Waals surface area contributed by atoms with Crippen molar-refractivity contribution in [2.45, 2.75) is 12.5 Å². The molecule has 0 saturated carbocycles. The summed E-state index contributed by atoms with van der Waals surface area (Å²) < 4.78 is 0. The van der Waals surface area contributed by atoms with Crippen molar-refractivity contribution in [3.05, 3.63) is 69.2 Å². The normalized spacial score (nSPS) is 11.8. The number of aliphatic hydroxyl groups excluding tert-OH is 1. The second-order valence-corrected chi connectivity index (χ2v) is 5.69. The topological polar surface area (TPSA) is 104 Å². The number of nitro groups is 1. The van der Waals surface area contributed by atoms with Crippen molar-refractivity contribution in [2.24, 2.45) is 0 Å². The van der Waals surface area contributed by atoms with E-state index in [-0.39, 0.29) is 28.9 Å².